The van der Waals surface area contributed by atoms with Crippen molar-refractivity contribution in [3.8, 4) is 11.1 Å². The molecule has 0 fully saturated rings. The molecular formula is C26H25NO5. The number of rotatable bonds is 7. The van der Waals surface area contributed by atoms with Gasteiger partial charge in [0.05, 0.1) is 6.10 Å². The first-order valence-electron chi connectivity index (χ1n) is 10.5. The van der Waals surface area contributed by atoms with Crippen LogP contribution in [0.4, 0.5) is 4.79 Å². The third kappa shape index (κ3) is 4.65. The molecule has 2 N–H and O–H groups in total. The zero-order chi connectivity index (χ0) is 22.5. The second kappa shape index (κ2) is 9.66. The highest BCUT2D eigenvalue weighted by molar-refractivity contribution is 5.82. The normalized spacial score (nSPS) is 14.1. The van der Waals surface area contributed by atoms with Crippen LogP contribution in [0.15, 0.2) is 78.9 Å². The van der Waals surface area contributed by atoms with E-state index in [4.69, 9.17) is 9.47 Å². The molecule has 3 aromatic carbocycles. The molecule has 3 aromatic rings. The highest BCUT2D eigenvalue weighted by Gasteiger charge is 2.31. The van der Waals surface area contributed by atoms with Crippen LogP contribution in [0.5, 0.6) is 0 Å². The molecule has 4 rings (SSSR count). The SMILES string of the molecule is C[C@H](O)[C@@H](NC(=O)OCC1c2ccccc2-c2ccccc21)C(=O)OCc1ccccc1. The van der Waals surface area contributed by atoms with Gasteiger partial charge in [0.1, 0.15) is 13.2 Å². The van der Waals surface area contributed by atoms with Crippen LogP contribution < -0.4 is 5.32 Å². The summed E-state index contributed by atoms with van der Waals surface area (Å²) in [4.78, 5) is 24.9. The van der Waals surface area contributed by atoms with Crippen molar-refractivity contribution < 1.29 is 24.2 Å². The molecule has 2 atom stereocenters. The molecule has 6 nitrogen and oxygen atoms in total. The molecule has 0 radical (unpaired) electrons. The molecule has 1 amide bonds. The van der Waals surface area contributed by atoms with Crippen LogP contribution in [0.2, 0.25) is 0 Å². The Morgan fingerprint density at radius 1 is 0.875 bits per heavy atom. The van der Waals surface area contributed by atoms with Crippen molar-refractivity contribution in [3.63, 3.8) is 0 Å². The molecule has 32 heavy (non-hydrogen) atoms. The van der Waals surface area contributed by atoms with Gasteiger partial charge in [0.25, 0.3) is 0 Å². The molecule has 0 aromatic heterocycles. The molecule has 6 heteroatoms. The number of aliphatic hydroxyl groups is 1. The first-order chi connectivity index (χ1) is 15.5. The van der Waals surface area contributed by atoms with Gasteiger partial charge >= 0.3 is 12.1 Å². The number of fused-ring (bicyclic) bond motifs is 3. The molecule has 1 aliphatic carbocycles. The predicted octanol–water partition coefficient (Wildman–Crippen LogP) is 4.02. The fourth-order valence-corrected chi connectivity index (χ4v) is 3.96. The number of carbonyl (C=O) groups is 2. The van der Waals surface area contributed by atoms with E-state index in [0.29, 0.717) is 0 Å². The second-order valence-corrected chi connectivity index (χ2v) is 7.78. The number of hydrogen-bond donors (Lipinski definition) is 2. The second-order valence-electron chi connectivity index (χ2n) is 7.78. The Hall–Kier alpha value is -3.64. The topological polar surface area (TPSA) is 84.9 Å². The van der Waals surface area contributed by atoms with E-state index in [9.17, 15) is 14.7 Å². The summed E-state index contributed by atoms with van der Waals surface area (Å²) in [5, 5.41) is 12.4. The summed E-state index contributed by atoms with van der Waals surface area (Å²) >= 11 is 0. The van der Waals surface area contributed by atoms with Gasteiger partial charge in [0.2, 0.25) is 0 Å². The van der Waals surface area contributed by atoms with Crippen molar-refractivity contribution >= 4 is 12.1 Å². The van der Waals surface area contributed by atoms with Gasteiger partial charge in [-0.05, 0) is 34.7 Å². The number of esters is 1. The molecule has 0 spiro atoms. The van der Waals surface area contributed by atoms with Gasteiger partial charge in [-0.25, -0.2) is 9.59 Å². The molecule has 0 saturated heterocycles. The smallest absolute Gasteiger partial charge is 0.407 e. The van der Waals surface area contributed by atoms with E-state index in [2.05, 4.69) is 17.4 Å². The maximum atomic E-state index is 12.5. The number of benzene rings is 3. The van der Waals surface area contributed by atoms with Crippen LogP contribution in [0.3, 0.4) is 0 Å². The fraction of sp³-hybridized carbons (Fsp3) is 0.231. The highest BCUT2D eigenvalue weighted by Crippen LogP contribution is 2.44. The van der Waals surface area contributed by atoms with Crippen LogP contribution in [0.25, 0.3) is 11.1 Å². The van der Waals surface area contributed by atoms with E-state index in [1.54, 1.807) is 0 Å². The zero-order valence-corrected chi connectivity index (χ0v) is 17.7. The number of hydrogen-bond acceptors (Lipinski definition) is 5. The largest absolute Gasteiger partial charge is 0.459 e. The average Bonchev–Trinajstić information content (AvgIpc) is 3.14. The molecule has 164 valence electrons. The Bertz CT molecular complexity index is 1050. The standard InChI is InChI=1S/C26H25NO5/c1-17(28)24(25(29)31-15-18-9-3-2-4-10-18)27-26(30)32-16-23-21-13-7-5-11-19(21)20-12-6-8-14-22(20)23/h2-14,17,23-24,28H,15-16H2,1H3,(H,27,30)/t17-,24+/m0/s1. The summed E-state index contributed by atoms with van der Waals surface area (Å²) in [6.07, 6.45) is -1.92. The fourth-order valence-electron chi connectivity index (χ4n) is 3.96. The molecule has 1 aliphatic rings. The predicted molar refractivity (Wildman–Crippen MR) is 120 cm³/mol. The van der Waals surface area contributed by atoms with Crippen LogP contribution >= 0.6 is 0 Å². The number of aliphatic hydroxyl groups excluding tert-OH is 1. The van der Waals surface area contributed by atoms with E-state index in [0.717, 1.165) is 27.8 Å². The maximum Gasteiger partial charge on any atom is 0.407 e. The van der Waals surface area contributed by atoms with E-state index >= 15 is 0 Å². The lowest BCUT2D eigenvalue weighted by Gasteiger charge is -2.21. The monoisotopic (exact) mass is 431 g/mol. The summed E-state index contributed by atoms with van der Waals surface area (Å²) in [5.41, 5.74) is 5.25. The first kappa shape index (κ1) is 21.6. The minimum Gasteiger partial charge on any atom is -0.459 e. The quantitative estimate of drug-likeness (QED) is 0.552. The lowest BCUT2D eigenvalue weighted by molar-refractivity contribution is -0.150. The van der Waals surface area contributed by atoms with Crippen molar-refractivity contribution in [3.05, 3.63) is 95.6 Å². The van der Waals surface area contributed by atoms with Crippen molar-refractivity contribution in [1.82, 2.24) is 5.32 Å². The van der Waals surface area contributed by atoms with Crippen molar-refractivity contribution in [1.29, 1.82) is 0 Å². The van der Waals surface area contributed by atoms with E-state index < -0.39 is 24.2 Å². The minimum absolute atomic E-state index is 0.0509. The van der Waals surface area contributed by atoms with Crippen LogP contribution in [-0.4, -0.2) is 35.9 Å². The lowest BCUT2D eigenvalue weighted by atomic mass is 9.98. The Balaban J connectivity index is 1.37. The van der Waals surface area contributed by atoms with Gasteiger partial charge in [-0.1, -0.05) is 78.9 Å². The first-order valence-corrected chi connectivity index (χ1v) is 10.5. The number of amides is 1. The number of ether oxygens (including phenoxy) is 2. The third-order valence-electron chi connectivity index (χ3n) is 5.58. The summed E-state index contributed by atoms with van der Waals surface area (Å²) in [5.74, 6) is -0.819. The van der Waals surface area contributed by atoms with E-state index in [1.165, 1.54) is 6.92 Å². The van der Waals surface area contributed by atoms with Gasteiger partial charge < -0.3 is 19.9 Å². The van der Waals surface area contributed by atoms with Crippen LogP contribution in [0, 0.1) is 0 Å². The summed E-state index contributed by atoms with van der Waals surface area (Å²) in [6.45, 7) is 1.58. The van der Waals surface area contributed by atoms with Gasteiger partial charge in [0.15, 0.2) is 6.04 Å². The van der Waals surface area contributed by atoms with Crippen LogP contribution in [0.1, 0.15) is 29.5 Å². The molecule has 0 bridgehead atoms. The Morgan fingerprint density at radius 3 is 2.03 bits per heavy atom. The van der Waals surface area contributed by atoms with Crippen molar-refractivity contribution in [2.24, 2.45) is 0 Å². The minimum atomic E-state index is -1.23. The molecule has 0 heterocycles. The van der Waals surface area contributed by atoms with Crippen molar-refractivity contribution in [2.75, 3.05) is 6.61 Å². The van der Waals surface area contributed by atoms with Crippen molar-refractivity contribution in [2.45, 2.75) is 31.6 Å². The third-order valence-corrected chi connectivity index (χ3v) is 5.58. The molecule has 0 saturated carbocycles. The maximum absolute atomic E-state index is 12.5. The average molecular weight is 431 g/mol. The van der Waals surface area contributed by atoms with Crippen LogP contribution in [-0.2, 0) is 20.9 Å². The molecule has 0 unspecified atom stereocenters. The van der Waals surface area contributed by atoms with Gasteiger partial charge in [-0.2, -0.15) is 0 Å². The summed E-state index contributed by atoms with van der Waals surface area (Å²) in [6, 6.07) is 24.0. The van der Waals surface area contributed by atoms with Gasteiger partial charge in [-0.3, -0.25) is 0 Å². The Labute approximate surface area is 186 Å². The summed E-state index contributed by atoms with van der Waals surface area (Å²) < 4.78 is 10.7. The lowest BCUT2D eigenvalue weighted by Crippen LogP contribution is -2.48. The zero-order valence-electron chi connectivity index (χ0n) is 17.7. The number of carbonyl (C=O) groups excluding carboxylic acids is 2. The highest BCUT2D eigenvalue weighted by atomic mass is 16.6. The Kier molecular flexibility index (Phi) is 6.52. The Morgan fingerprint density at radius 2 is 1.44 bits per heavy atom. The number of alkyl carbamates (subject to hydrolysis) is 1. The molecule has 0 aliphatic heterocycles. The van der Waals surface area contributed by atoms with Gasteiger partial charge in [0, 0.05) is 5.92 Å². The van der Waals surface area contributed by atoms with E-state index in [1.807, 2.05) is 66.7 Å². The number of nitrogens with one attached hydrogen (secondary N) is 1. The van der Waals surface area contributed by atoms with E-state index in [-0.39, 0.29) is 19.1 Å². The molecular weight excluding hydrogens is 406 g/mol. The van der Waals surface area contributed by atoms with Gasteiger partial charge in [-0.15, -0.1) is 0 Å². The summed E-state index contributed by atoms with van der Waals surface area (Å²) in [7, 11) is 0.